The van der Waals surface area contributed by atoms with Gasteiger partial charge in [-0.15, -0.1) is 0 Å². The summed E-state index contributed by atoms with van der Waals surface area (Å²) in [5, 5.41) is 9.32. The lowest BCUT2D eigenvalue weighted by molar-refractivity contribution is 0.0998. The second kappa shape index (κ2) is 8.36. The van der Waals surface area contributed by atoms with Gasteiger partial charge in [0.1, 0.15) is 5.58 Å². The number of furan rings is 1. The molecule has 3 N–H and O–H groups in total. The normalized spacial score (nSPS) is 16.0. The predicted molar refractivity (Wildman–Crippen MR) is 111 cm³/mol. The van der Waals surface area contributed by atoms with Gasteiger partial charge < -0.3 is 25.1 Å². The Balaban J connectivity index is 1.34. The third-order valence-electron chi connectivity index (χ3n) is 4.96. The first-order valence-electron chi connectivity index (χ1n) is 9.66. The number of amides is 3. The number of carbonyl (C=O) groups excluding carboxylic acids is 2. The fourth-order valence-corrected chi connectivity index (χ4v) is 3.40. The molecule has 7 nitrogen and oxygen atoms in total. The van der Waals surface area contributed by atoms with E-state index in [0.717, 1.165) is 30.4 Å². The topological polar surface area (TPSA) is 92.6 Å². The van der Waals surface area contributed by atoms with Crippen molar-refractivity contribution in [1.82, 2.24) is 5.32 Å². The summed E-state index contributed by atoms with van der Waals surface area (Å²) in [4.78, 5) is 24.6. The molecule has 0 aliphatic carbocycles. The number of carbonyl (C=O) groups is 2. The van der Waals surface area contributed by atoms with Gasteiger partial charge in [-0.05, 0) is 50.1 Å². The Bertz CT molecular complexity index is 1020. The number of nitrogens with one attached hydrogen (secondary N) is 3. The summed E-state index contributed by atoms with van der Waals surface area (Å²) in [6, 6.07) is 14.2. The van der Waals surface area contributed by atoms with Crippen molar-refractivity contribution in [3.63, 3.8) is 0 Å². The molecule has 3 amide bonds. The number of fused-ring (bicyclic) bond motifs is 1. The van der Waals surface area contributed by atoms with Crippen LogP contribution in [-0.2, 0) is 4.74 Å². The predicted octanol–water partition coefficient (Wildman–Crippen LogP) is 4.29. The van der Waals surface area contributed by atoms with E-state index in [1.165, 1.54) is 0 Å². The smallest absolute Gasteiger partial charge is 0.319 e. The first-order chi connectivity index (χ1) is 14.1. The van der Waals surface area contributed by atoms with Crippen LogP contribution >= 0.6 is 0 Å². The van der Waals surface area contributed by atoms with Crippen LogP contribution < -0.4 is 16.0 Å². The molecule has 1 aliphatic heterocycles. The number of anilines is 2. The Hall–Kier alpha value is -3.32. The number of para-hydroxylation sites is 1. The molecule has 2 heterocycles. The summed E-state index contributed by atoms with van der Waals surface area (Å²) < 4.78 is 11.2. The van der Waals surface area contributed by atoms with E-state index in [2.05, 4.69) is 16.0 Å². The lowest BCUT2D eigenvalue weighted by Crippen LogP contribution is -2.35. The molecule has 7 heteroatoms. The maximum atomic E-state index is 12.6. The van der Waals surface area contributed by atoms with Crippen LogP contribution in [0.5, 0.6) is 0 Å². The Morgan fingerprint density at radius 1 is 1.03 bits per heavy atom. The van der Waals surface area contributed by atoms with Crippen molar-refractivity contribution in [3.05, 3.63) is 59.9 Å². The fraction of sp³-hybridized carbons (Fsp3) is 0.273. The number of ether oxygens (including phenoxy) is 1. The van der Waals surface area contributed by atoms with Crippen LogP contribution in [0.1, 0.15) is 29.0 Å². The Labute approximate surface area is 168 Å². The SMILES string of the molecule is Cc1c(C(=O)Nc2ccc(NC(=O)NCC3CCCO3)cc2)oc2ccccc12. The molecule has 0 saturated carbocycles. The zero-order chi connectivity index (χ0) is 20.2. The minimum Gasteiger partial charge on any atom is -0.451 e. The summed E-state index contributed by atoms with van der Waals surface area (Å²) in [5.74, 6) is -0.0179. The molecular formula is C22H23N3O4. The highest BCUT2D eigenvalue weighted by molar-refractivity contribution is 6.06. The van der Waals surface area contributed by atoms with Gasteiger partial charge in [-0.1, -0.05) is 18.2 Å². The van der Waals surface area contributed by atoms with Crippen LogP contribution in [0, 0.1) is 6.92 Å². The average molecular weight is 393 g/mol. The largest absolute Gasteiger partial charge is 0.451 e. The van der Waals surface area contributed by atoms with E-state index in [1.807, 2.05) is 31.2 Å². The monoisotopic (exact) mass is 393 g/mol. The number of benzene rings is 2. The lowest BCUT2D eigenvalue weighted by atomic mass is 10.1. The molecule has 4 rings (SSSR count). The van der Waals surface area contributed by atoms with Gasteiger partial charge in [0.2, 0.25) is 0 Å². The van der Waals surface area contributed by atoms with Crippen LogP contribution in [-0.4, -0.2) is 31.2 Å². The lowest BCUT2D eigenvalue weighted by Gasteiger charge is -2.12. The molecule has 3 aromatic rings. The third kappa shape index (κ3) is 4.41. The average Bonchev–Trinajstić information content (AvgIpc) is 3.36. The highest BCUT2D eigenvalue weighted by Crippen LogP contribution is 2.25. The Morgan fingerprint density at radius 2 is 1.76 bits per heavy atom. The quantitative estimate of drug-likeness (QED) is 0.603. The van der Waals surface area contributed by atoms with Crippen LogP contribution in [0.4, 0.5) is 16.2 Å². The molecule has 2 aromatic carbocycles. The van der Waals surface area contributed by atoms with E-state index >= 15 is 0 Å². The van der Waals surface area contributed by atoms with Crippen molar-refractivity contribution in [3.8, 4) is 0 Å². The van der Waals surface area contributed by atoms with Gasteiger partial charge in [0.05, 0.1) is 6.10 Å². The van der Waals surface area contributed by atoms with Crippen molar-refractivity contribution < 1.29 is 18.7 Å². The zero-order valence-corrected chi connectivity index (χ0v) is 16.2. The van der Waals surface area contributed by atoms with Gasteiger partial charge in [0.25, 0.3) is 5.91 Å². The number of aryl methyl sites for hydroxylation is 1. The van der Waals surface area contributed by atoms with Gasteiger partial charge in [-0.2, -0.15) is 0 Å². The van der Waals surface area contributed by atoms with E-state index in [1.54, 1.807) is 24.3 Å². The molecule has 29 heavy (non-hydrogen) atoms. The second-order valence-electron chi connectivity index (χ2n) is 7.05. The van der Waals surface area contributed by atoms with E-state index in [4.69, 9.17) is 9.15 Å². The van der Waals surface area contributed by atoms with E-state index in [0.29, 0.717) is 29.3 Å². The molecule has 1 atom stereocenters. The number of rotatable bonds is 5. The fourth-order valence-electron chi connectivity index (χ4n) is 3.40. The van der Waals surface area contributed by atoms with Crippen LogP contribution in [0.2, 0.25) is 0 Å². The van der Waals surface area contributed by atoms with Crippen LogP contribution in [0.3, 0.4) is 0 Å². The number of hydrogen-bond acceptors (Lipinski definition) is 4. The first-order valence-corrected chi connectivity index (χ1v) is 9.66. The van der Waals surface area contributed by atoms with Crippen molar-refractivity contribution >= 4 is 34.3 Å². The molecule has 0 radical (unpaired) electrons. The van der Waals surface area contributed by atoms with Gasteiger partial charge in [-0.3, -0.25) is 4.79 Å². The van der Waals surface area contributed by atoms with Crippen molar-refractivity contribution in [2.75, 3.05) is 23.8 Å². The van der Waals surface area contributed by atoms with E-state index < -0.39 is 0 Å². The summed E-state index contributed by atoms with van der Waals surface area (Å²) in [6.07, 6.45) is 2.11. The third-order valence-corrected chi connectivity index (χ3v) is 4.96. The van der Waals surface area contributed by atoms with Gasteiger partial charge >= 0.3 is 6.03 Å². The minimum absolute atomic E-state index is 0.0973. The van der Waals surface area contributed by atoms with Crippen molar-refractivity contribution in [1.29, 1.82) is 0 Å². The minimum atomic E-state index is -0.311. The van der Waals surface area contributed by atoms with Gasteiger partial charge in [-0.25, -0.2) is 4.79 Å². The molecule has 150 valence electrons. The Morgan fingerprint density at radius 3 is 2.45 bits per heavy atom. The van der Waals surface area contributed by atoms with Gasteiger partial charge in [0.15, 0.2) is 5.76 Å². The van der Waals surface area contributed by atoms with Crippen molar-refractivity contribution in [2.45, 2.75) is 25.9 Å². The second-order valence-corrected chi connectivity index (χ2v) is 7.05. The highest BCUT2D eigenvalue weighted by Gasteiger charge is 2.18. The van der Waals surface area contributed by atoms with Crippen LogP contribution in [0.15, 0.2) is 52.9 Å². The molecule has 1 fully saturated rings. The Kier molecular flexibility index (Phi) is 5.48. The number of urea groups is 1. The summed E-state index contributed by atoms with van der Waals surface area (Å²) in [6.45, 7) is 3.12. The van der Waals surface area contributed by atoms with E-state index in [9.17, 15) is 9.59 Å². The molecule has 0 bridgehead atoms. The standard InChI is InChI=1S/C22H23N3O4/c1-14-18-6-2-3-7-19(18)29-20(14)21(26)24-15-8-10-16(11-9-15)25-22(27)23-13-17-5-4-12-28-17/h2-3,6-11,17H,4-5,12-13H2,1H3,(H,24,26)(H2,23,25,27). The first kappa shape index (κ1) is 19.0. The molecule has 1 aliphatic rings. The van der Waals surface area contributed by atoms with E-state index in [-0.39, 0.29) is 18.0 Å². The summed E-state index contributed by atoms with van der Waals surface area (Å²) in [7, 11) is 0. The van der Waals surface area contributed by atoms with Gasteiger partial charge in [0, 0.05) is 35.5 Å². The zero-order valence-electron chi connectivity index (χ0n) is 16.2. The summed E-state index contributed by atoms with van der Waals surface area (Å²) in [5.41, 5.74) is 2.73. The number of hydrogen-bond donors (Lipinski definition) is 3. The molecular weight excluding hydrogens is 370 g/mol. The van der Waals surface area contributed by atoms with Crippen molar-refractivity contribution in [2.24, 2.45) is 0 Å². The maximum absolute atomic E-state index is 12.6. The summed E-state index contributed by atoms with van der Waals surface area (Å²) >= 11 is 0. The molecule has 1 saturated heterocycles. The highest BCUT2D eigenvalue weighted by atomic mass is 16.5. The molecule has 1 aromatic heterocycles. The molecule has 0 spiro atoms. The maximum Gasteiger partial charge on any atom is 0.319 e. The molecule has 1 unspecified atom stereocenters. The van der Waals surface area contributed by atoms with Crippen LogP contribution in [0.25, 0.3) is 11.0 Å².